The Hall–Kier alpha value is -1.46. The van der Waals surface area contributed by atoms with Crippen molar-refractivity contribution in [2.75, 3.05) is 0 Å². The molecular formula is C13H7BrFNOS. The van der Waals surface area contributed by atoms with Crippen LogP contribution in [-0.2, 0) is 0 Å². The Bertz CT molecular complexity index is 779. The largest absolute Gasteiger partial charge is 0.273 e. The molecule has 5 heteroatoms. The van der Waals surface area contributed by atoms with E-state index in [0.29, 0.717) is 9.86 Å². The van der Waals surface area contributed by atoms with Crippen LogP contribution < -0.4 is 5.56 Å². The molecule has 0 spiro atoms. The standard InChI is InChI=1S/C13H7BrFNOS/c14-10-7-12-9(6-11(10)15)13(17)16(18-12)8-4-2-1-3-5-8/h1-7H. The van der Waals surface area contributed by atoms with Gasteiger partial charge >= 0.3 is 0 Å². The SMILES string of the molecule is O=c1c2cc(F)c(Br)cc2sn1-c1ccccc1. The van der Waals surface area contributed by atoms with Crippen molar-refractivity contribution in [1.29, 1.82) is 0 Å². The highest BCUT2D eigenvalue weighted by Crippen LogP contribution is 2.26. The summed E-state index contributed by atoms with van der Waals surface area (Å²) in [5.41, 5.74) is 0.604. The first-order valence-corrected chi connectivity index (χ1v) is 6.80. The average Bonchev–Trinajstić information content (AvgIpc) is 2.69. The summed E-state index contributed by atoms with van der Waals surface area (Å²) in [5, 5.41) is 0.407. The topological polar surface area (TPSA) is 22.0 Å². The predicted octanol–water partition coefficient (Wildman–Crippen LogP) is 3.95. The van der Waals surface area contributed by atoms with Gasteiger partial charge in [0, 0.05) is 0 Å². The number of hydrogen-bond donors (Lipinski definition) is 0. The molecule has 2 nitrogen and oxygen atoms in total. The molecule has 0 fully saturated rings. The molecule has 0 saturated heterocycles. The van der Waals surface area contributed by atoms with E-state index in [1.807, 2.05) is 30.3 Å². The zero-order valence-corrected chi connectivity index (χ0v) is 11.5. The van der Waals surface area contributed by atoms with Crippen LogP contribution in [-0.4, -0.2) is 3.96 Å². The summed E-state index contributed by atoms with van der Waals surface area (Å²) in [5.74, 6) is -0.419. The summed E-state index contributed by atoms with van der Waals surface area (Å²) in [6.07, 6.45) is 0. The number of nitrogens with zero attached hydrogens (tertiary/aromatic N) is 1. The van der Waals surface area contributed by atoms with Crippen molar-refractivity contribution in [1.82, 2.24) is 3.96 Å². The lowest BCUT2D eigenvalue weighted by Crippen LogP contribution is -2.10. The molecule has 0 N–H and O–H groups in total. The number of halogens is 2. The van der Waals surface area contributed by atoms with Crippen LogP contribution in [0, 0.1) is 5.82 Å². The van der Waals surface area contributed by atoms with Crippen molar-refractivity contribution < 1.29 is 4.39 Å². The minimum Gasteiger partial charge on any atom is -0.267 e. The van der Waals surface area contributed by atoms with E-state index >= 15 is 0 Å². The zero-order valence-electron chi connectivity index (χ0n) is 9.06. The molecule has 3 aromatic rings. The monoisotopic (exact) mass is 323 g/mol. The lowest BCUT2D eigenvalue weighted by molar-refractivity contribution is 0.623. The van der Waals surface area contributed by atoms with Gasteiger partial charge in [0.1, 0.15) is 5.82 Å². The van der Waals surface area contributed by atoms with Crippen LogP contribution in [0.15, 0.2) is 51.7 Å². The van der Waals surface area contributed by atoms with Crippen molar-refractivity contribution in [2.45, 2.75) is 0 Å². The molecule has 1 heterocycles. The third-order valence-corrected chi connectivity index (χ3v) is 4.32. The molecule has 0 amide bonds. The van der Waals surface area contributed by atoms with Crippen molar-refractivity contribution in [3.8, 4) is 5.69 Å². The molecule has 0 aliphatic carbocycles. The smallest absolute Gasteiger partial charge is 0.267 e. The van der Waals surface area contributed by atoms with Gasteiger partial charge in [-0.15, -0.1) is 0 Å². The van der Waals surface area contributed by atoms with Crippen molar-refractivity contribution in [3.05, 3.63) is 63.1 Å². The maximum Gasteiger partial charge on any atom is 0.273 e. The Labute approximate surface area is 115 Å². The van der Waals surface area contributed by atoms with Gasteiger partial charge in [0.2, 0.25) is 0 Å². The van der Waals surface area contributed by atoms with Gasteiger partial charge in [-0.05, 0) is 40.2 Å². The number of aromatic nitrogens is 1. The number of benzene rings is 2. The third kappa shape index (κ3) is 1.79. The zero-order chi connectivity index (χ0) is 12.7. The summed E-state index contributed by atoms with van der Waals surface area (Å²) in [6.45, 7) is 0. The maximum atomic E-state index is 13.4. The predicted molar refractivity (Wildman–Crippen MR) is 75.1 cm³/mol. The summed E-state index contributed by atoms with van der Waals surface area (Å²) in [7, 11) is 0. The van der Waals surface area contributed by atoms with Gasteiger partial charge in [-0.25, -0.2) is 8.35 Å². The van der Waals surface area contributed by atoms with Crippen LogP contribution >= 0.6 is 27.5 Å². The van der Waals surface area contributed by atoms with Gasteiger partial charge in [0.05, 0.1) is 20.2 Å². The molecule has 1 aromatic heterocycles. The molecule has 2 aromatic carbocycles. The Morgan fingerprint density at radius 3 is 2.61 bits per heavy atom. The number of hydrogen-bond acceptors (Lipinski definition) is 2. The molecule has 0 aliphatic rings. The summed E-state index contributed by atoms with van der Waals surface area (Å²) < 4.78 is 16.1. The van der Waals surface area contributed by atoms with Crippen LogP contribution in [0.2, 0.25) is 0 Å². The highest BCUT2D eigenvalue weighted by Gasteiger charge is 2.11. The minimum atomic E-state index is -0.419. The van der Waals surface area contributed by atoms with Crippen molar-refractivity contribution >= 4 is 37.5 Å². The fourth-order valence-corrected chi connectivity index (χ4v) is 3.27. The van der Waals surface area contributed by atoms with Crippen LogP contribution in [0.25, 0.3) is 15.8 Å². The van der Waals surface area contributed by atoms with E-state index in [0.717, 1.165) is 10.4 Å². The summed E-state index contributed by atoms with van der Waals surface area (Å²) in [6, 6.07) is 12.2. The molecular weight excluding hydrogens is 317 g/mol. The second-order valence-electron chi connectivity index (χ2n) is 3.79. The van der Waals surface area contributed by atoms with E-state index in [2.05, 4.69) is 15.9 Å². The van der Waals surface area contributed by atoms with Crippen LogP contribution in [0.1, 0.15) is 0 Å². The van der Waals surface area contributed by atoms with E-state index in [1.54, 1.807) is 10.0 Å². The van der Waals surface area contributed by atoms with Gasteiger partial charge < -0.3 is 0 Å². The van der Waals surface area contributed by atoms with Gasteiger partial charge in [-0.3, -0.25) is 4.79 Å². The maximum absolute atomic E-state index is 13.4. The molecule has 90 valence electrons. The van der Waals surface area contributed by atoms with Crippen LogP contribution in [0.5, 0.6) is 0 Å². The quantitative estimate of drug-likeness (QED) is 0.664. The Morgan fingerprint density at radius 2 is 1.89 bits per heavy atom. The molecule has 0 aliphatic heterocycles. The Kier molecular flexibility index (Phi) is 2.80. The molecule has 0 unspecified atom stereocenters. The molecule has 0 bridgehead atoms. The van der Waals surface area contributed by atoms with Gasteiger partial charge in [0.25, 0.3) is 5.56 Å². The Balaban J connectivity index is 2.33. The fourth-order valence-electron chi connectivity index (χ4n) is 1.75. The second-order valence-corrected chi connectivity index (χ2v) is 5.63. The van der Waals surface area contributed by atoms with E-state index in [4.69, 9.17) is 0 Å². The molecule has 0 atom stereocenters. The lowest BCUT2D eigenvalue weighted by atomic mass is 10.2. The normalized spacial score (nSPS) is 11.0. The molecule has 3 rings (SSSR count). The summed E-state index contributed by atoms with van der Waals surface area (Å²) in [4.78, 5) is 12.2. The highest BCUT2D eigenvalue weighted by atomic mass is 79.9. The van der Waals surface area contributed by atoms with Crippen molar-refractivity contribution in [3.63, 3.8) is 0 Å². The average molecular weight is 324 g/mol. The number of rotatable bonds is 1. The molecule has 0 radical (unpaired) electrons. The van der Waals surface area contributed by atoms with Gasteiger partial charge in [-0.1, -0.05) is 29.7 Å². The van der Waals surface area contributed by atoms with Crippen LogP contribution in [0.4, 0.5) is 4.39 Å². The van der Waals surface area contributed by atoms with E-state index in [1.165, 1.54) is 17.6 Å². The third-order valence-electron chi connectivity index (χ3n) is 2.62. The first kappa shape index (κ1) is 11.6. The van der Waals surface area contributed by atoms with Gasteiger partial charge in [0.15, 0.2) is 0 Å². The first-order chi connectivity index (χ1) is 8.66. The van der Waals surface area contributed by atoms with Crippen molar-refractivity contribution in [2.24, 2.45) is 0 Å². The van der Waals surface area contributed by atoms with Gasteiger partial charge in [-0.2, -0.15) is 0 Å². The number of fused-ring (bicyclic) bond motifs is 1. The summed E-state index contributed by atoms with van der Waals surface area (Å²) >= 11 is 4.43. The van der Waals surface area contributed by atoms with E-state index < -0.39 is 5.82 Å². The highest BCUT2D eigenvalue weighted by molar-refractivity contribution is 9.10. The first-order valence-electron chi connectivity index (χ1n) is 5.23. The fraction of sp³-hybridized carbons (Fsp3) is 0. The van der Waals surface area contributed by atoms with E-state index in [-0.39, 0.29) is 5.56 Å². The van der Waals surface area contributed by atoms with Crippen LogP contribution in [0.3, 0.4) is 0 Å². The second kappa shape index (κ2) is 4.33. The number of para-hydroxylation sites is 1. The Morgan fingerprint density at radius 1 is 1.17 bits per heavy atom. The van der Waals surface area contributed by atoms with E-state index in [9.17, 15) is 9.18 Å². The molecule has 18 heavy (non-hydrogen) atoms. The minimum absolute atomic E-state index is 0.187. The molecule has 0 saturated carbocycles. The lowest BCUT2D eigenvalue weighted by Gasteiger charge is -1.97.